The van der Waals surface area contributed by atoms with Crippen molar-refractivity contribution in [2.24, 2.45) is 4.99 Å². The summed E-state index contributed by atoms with van der Waals surface area (Å²) in [7, 11) is -2.13. The number of hydrogen-bond acceptors (Lipinski definition) is 8. The Morgan fingerprint density at radius 3 is 2.42 bits per heavy atom. The molecule has 0 aliphatic carbocycles. The molecule has 202 valence electrons. The van der Waals surface area contributed by atoms with E-state index < -0.39 is 62.2 Å². The molecule has 6 atom stereocenters. The number of amides is 2. The minimum atomic E-state index is -2.13. The Labute approximate surface area is 215 Å². The van der Waals surface area contributed by atoms with Gasteiger partial charge in [0.05, 0.1) is 25.0 Å². The maximum atomic E-state index is 13.8. The van der Waals surface area contributed by atoms with Crippen LogP contribution in [-0.4, -0.2) is 85.9 Å². The topological polar surface area (TPSA) is 111 Å². The number of likely N-dealkylation sites (tertiary alicyclic amines) is 1. The van der Waals surface area contributed by atoms with E-state index in [4.69, 9.17) is 18.6 Å². The number of carbonyl (C=O) groups excluding carboxylic acids is 2. The van der Waals surface area contributed by atoms with E-state index >= 15 is 0 Å². The lowest BCUT2D eigenvalue weighted by atomic mass is 9.93. The molecular weight excluding hydrogens is 480 g/mol. The molecule has 2 fully saturated rings. The van der Waals surface area contributed by atoms with Crippen LogP contribution in [0.15, 0.2) is 16.8 Å². The molecule has 0 aromatic carbocycles. The summed E-state index contributed by atoms with van der Waals surface area (Å²) in [5.74, 6) is -0.997. The lowest BCUT2D eigenvalue weighted by molar-refractivity contribution is -0.166. The molecule has 11 heteroatoms. The lowest BCUT2D eigenvalue weighted by Gasteiger charge is -2.40. The molecule has 2 saturated heterocycles. The summed E-state index contributed by atoms with van der Waals surface area (Å²) < 4.78 is 25.3. The van der Waals surface area contributed by atoms with Gasteiger partial charge in [-0.25, -0.2) is 4.79 Å². The maximum absolute atomic E-state index is 13.8. The molecule has 4 aliphatic heterocycles. The van der Waals surface area contributed by atoms with Crippen molar-refractivity contribution in [1.82, 2.24) is 15.5 Å². The fraction of sp³-hybridized carbons (Fsp3) is 0.800. The summed E-state index contributed by atoms with van der Waals surface area (Å²) in [6, 6.07) is -1.97. The van der Waals surface area contributed by atoms with Gasteiger partial charge in [0.15, 0.2) is 14.1 Å². The predicted molar refractivity (Wildman–Crippen MR) is 138 cm³/mol. The molecule has 2 amide bonds. The van der Waals surface area contributed by atoms with Crippen molar-refractivity contribution in [1.29, 1.82) is 0 Å². The molecule has 4 rings (SSSR count). The average Bonchev–Trinajstić information content (AvgIpc) is 3.34. The van der Waals surface area contributed by atoms with Gasteiger partial charge in [-0.15, -0.1) is 0 Å². The van der Waals surface area contributed by atoms with Gasteiger partial charge in [-0.3, -0.25) is 14.7 Å². The SMILES string of the molecule is CC(C)(C)OC(=O)N1[C@H](CO[Si](C)(C)C(C)(C)C)[C@H]2OC(C)(C)O[C@H]2[C@@H]1C1=CNC2C(=O)NC=NC12. The zero-order valence-electron chi connectivity index (χ0n) is 23.2. The van der Waals surface area contributed by atoms with E-state index in [1.54, 1.807) is 11.1 Å². The van der Waals surface area contributed by atoms with Crippen molar-refractivity contribution in [2.75, 3.05) is 6.61 Å². The Hall–Kier alpha value is -1.95. The molecular formula is C25H42N4O6Si. The summed E-state index contributed by atoms with van der Waals surface area (Å²) >= 11 is 0. The Bertz CT molecular complexity index is 967. The van der Waals surface area contributed by atoms with E-state index in [1.165, 1.54) is 6.34 Å². The summed E-state index contributed by atoms with van der Waals surface area (Å²) in [6.07, 6.45) is 1.85. The molecule has 0 aromatic rings. The third-order valence-corrected chi connectivity index (χ3v) is 12.2. The van der Waals surface area contributed by atoms with Gasteiger partial charge in [0, 0.05) is 6.20 Å². The first-order valence-electron chi connectivity index (χ1n) is 12.7. The van der Waals surface area contributed by atoms with Crippen LogP contribution in [0.3, 0.4) is 0 Å². The summed E-state index contributed by atoms with van der Waals surface area (Å²) in [6.45, 7) is 20.5. The number of ether oxygens (including phenoxy) is 3. The molecule has 10 nitrogen and oxygen atoms in total. The monoisotopic (exact) mass is 522 g/mol. The number of rotatable bonds is 4. The van der Waals surface area contributed by atoms with Crippen molar-refractivity contribution in [3.8, 4) is 0 Å². The highest BCUT2D eigenvalue weighted by Gasteiger charge is 2.63. The van der Waals surface area contributed by atoms with Crippen LogP contribution in [0.4, 0.5) is 4.79 Å². The third kappa shape index (κ3) is 4.94. The van der Waals surface area contributed by atoms with Crippen molar-refractivity contribution in [3.63, 3.8) is 0 Å². The van der Waals surface area contributed by atoms with Gasteiger partial charge in [-0.1, -0.05) is 20.8 Å². The predicted octanol–water partition coefficient (Wildman–Crippen LogP) is 2.90. The number of hydrogen-bond donors (Lipinski definition) is 2. The van der Waals surface area contributed by atoms with Crippen LogP contribution in [-0.2, 0) is 23.4 Å². The van der Waals surface area contributed by atoms with Gasteiger partial charge >= 0.3 is 6.09 Å². The first-order chi connectivity index (χ1) is 16.4. The molecule has 0 bridgehead atoms. The molecule has 0 radical (unpaired) electrons. The number of nitrogens with one attached hydrogen (secondary N) is 2. The smallest absolute Gasteiger partial charge is 0.411 e. The molecule has 2 N–H and O–H groups in total. The second kappa shape index (κ2) is 8.82. The van der Waals surface area contributed by atoms with Crippen LogP contribution in [0.25, 0.3) is 0 Å². The van der Waals surface area contributed by atoms with Crippen LogP contribution in [0.5, 0.6) is 0 Å². The van der Waals surface area contributed by atoms with Crippen molar-refractivity contribution >= 4 is 26.7 Å². The Kier molecular flexibility index (Phi) is 6.63. The average molecular weight is 523 g/mol. The molecule has 4 heterocycles. The minimum absolute atomic E-state index is 0.00273. The summed E-state index contributed by atoms with van der Waals surface area (Å²) in [4.78, 5) is 32.5. The van der Waals surface area contributed by atoms with Gasteiger partial charge in [0.2, 0.25) is 5.91 Å². The number of aliphatic imine (C=N–C) groups is 1. The Morgan fingerprint density at radius 1 is 1.17 bits per heavy atom. The maximum Gasteiger partial charge on any atom is 0.411 e. The highest BCUT2D eigenvalue weighted by Crippen LogP contribution is 2.46. The van der Waals surface area contributed by atoms with Crippen LogP contribution in [0.1, 0.15) is 55.4 Å². The normalized spacial score (nSPS) is 33.6. The van der Waals surface area contributed by atoms with E-state index in [-0.39, 0.29) is 10.9 Å². The quantitative estimate of drug-likeness (QED) is 0.546. The molecule has 2 unspecified atom stereocenters. The molecule has 0 spiro atoms. The van der Waals surface area contributed by atoms with E-state index in [0.29, 0.717) is 6.61 Å². The van der Waals surface area contributed by atoms with Gasteiger partial charge in [0.25, 0.3) is 0 Å². The van der Waals surface area contributed by atoms with E-state index in [2.05, 4.69) is 49.5 Å². The van der Waals surface area contributed by atoms with Gasteiger partial charge in [-0.2, -0.15) is 0 Å². The second-order valence-electron chi connectivity index (χ2n) is 13.1. The van der Waals surface area contributed by atoms with Gasteiger partial charge < -0.3 is 29.3 Å². The minimum Gasteiger partial charge on any atom is -0.444 e. The van der Waals surface area contributed by atoms with Crippen LogP contribution >= 0.6 is 0 Å². The third-order valence-electron chi connectivity index (χ3n) is 7.69. The zero-order chi connectivity index (χ0) is 26.8. The first kappa shape index (κ1) is 27.1. The fourth-order valence-corrected chi connectivity index (χ4v) is 5.98. The number of carbonyl (C=O) groups is 2. The second-order valence-corrected chi connectivity index (χ2v) is 17.9. The molecule has 0 aromatic heterocycles. The summed E-state index contributed by atoms with van der Waals surface area (Å²) in [5, 5.41) is 5.80. The summed E-state index contributed by atoms with van der Waals surface area (Å²) in [5.41, 5.74) is 0.0990. The number of nitrogens with zero attached hydrogens (tertiary/aromatic N) is 2. The zero-order valence-corrected chi connectivity index (χ0v) is 24.2. The first-order valence-corrected chi connectivity index (χ1v) is 15.6. The molecule has 4 aliphatic rings. The Balaban J connectivity index is 1.73. The van der Waals surface area contributed by atoms with Crippen LogP contribution in [0.2, 0.25) is 18.1 Å². The van der Waals surface area contributed by atoms with E-state index in [1.807, 2.05) is 34.6 Å². The van der Waals surface area contributed by atoms with Gasteiger partial charge in [0.1, 0.15) is 29.9 Å². The molecule has 36 heavy (non-hydrogen) atoms. The molecule has 0 saturated carbocycles. The van der Waals surface area contributed by atoms with E-state index in [0.717, 1.165) is 5.57 Å². The fourth-order valence-electron chi connectivity index (χ4n) is 4.96. The van der Waals surface area contributed by atoms with Crippen LogP contribution < -0.4 is 10.6 Å². The lowest BCUT2D eigenvalue weighted by Crippen LogP contribution is -2.54. The Morgan fingerprint density at radius 2 is 1.81 bits per heavy atom. The highest BCUT2D eigenvalue weighted by atomic mass is 28.4. The number of fused-ring (bicyclic) bond motifs is 2. The van der Waals surface area contributed by atoms with E-state index in [9.17, 15) is 9.59 Å². The van der Waals surface area contributed by atoms with Crippen molar-refractivity contribution in [3.05, 3.63) is 11.8 Å². The van der Waals surface area contributed by atoms with Crippen molar-refractivity contribution < 1.29 is 28.2 Å². The van der Waals surface area contributed by atoms with Crippen LogP contribution in [0, 0.1) is 0 Å². The standard InChI is InChI=1S/C25H42N4O6Si/c1-23(2,3)35-22(31)29-15(12-32-36(9,10)24(4,5)6)19-20(34-25(7,8)33-19)18(29)14-11-26-17-16(14)27-13-28-21(17)30/h11,13,15-20,26H,12H2,1-10H3,(H,27,28,30)/t15-,16?,17?,18+,19-,20+/m1/s1. The van der Waals surface area contributed by atoms with Gasteiger partial charge in [-0.05, 0) is 58.3 Å². The largest absolute Gasteiger partial charge is 0.444 e. The van der Waals surface area contributed by atoms with Crippen molar-refractivity contribution in [2.45, 2.75) is 121 Å². The highest BCUT2D eigenvalue weighted by molar-refractivity contribution is 6.74.